The smallest absolute Gasteiger partial charge is 0.324 e. The molecule has 0 aliphatic rings. The first-order valence-corrected chi connectivity index (χ1v) is 9.07. The molecule has 0 atom stereocenters. The van der Waals surface area contributed by atoms with Gasteiger partial charge in [-0.05, 0) is 29.8 Å². The maximum atomic E-state index is 13.0. The number of hydrogen-bond donors (Lipinski definition) is 1. The first-order valence-electron chi connectivity index (χ1n) is 6.75. The molecule has 0 unspecified atom stereocenters. The minimum absolute atomic E-state index is 0.0264. The van der Waals surface area contributed by atoms with Gasteiger partial charge in [0.1, 0.15) is 0 Å². The molecule has 0 spiro atoms. The lowest BCUT2D eigenvalue weighted by Crippen LogP contribution is -2.18. The van der Waals surface area contributed by atoms with E-state index in [1.165, 1.54) is 23.9 Å². The van der Waals surface area contributed by atoms with Crippen molar-refractivity contribution in [2.24, 2.45) is 0 Å². The lowest BCUT2D eigenvalue weighted by molar-refractivity contribution is -0.137. The average molecular weight is 439 g/mol. The van der Waals surface area contributed by atoms with Crippen molar-refractivity contribution in [3.05, 3.63) is 63.1 Å². The summed E-state index contributed by atoms with van der Waals surface area (Å²) in [5.41, 5.74) is -0.341. The number of hydrogen-bond acceptors (Lipinski definition) is 2. The molecule has 0 aromatic heterocycles. The van der Waals surface area contributed by atoms with Gasteiger partial charge in [0.2, 0.25) is 5.91 Å². The Morgan fingerprint density at radius 1 is 1.17 bits per heavy atom. The molecule has 2 rings (SSSR count). The van der Waals surface area contributed by atoms with Crippen LogP contribution in [0.15, 0.2) is 46.9 Å². The van der Waals surface area contributed by atoms with Gasteiger partial charge in [0.15, 0.2) is 0 Å². The van der Waals surface area contributed by atoms with Crippen LogP contribution in [-0.4, -0.2) is 11.7 Å². The van der Waals surface area contributed by atoms with Crippen molar-refractivity contribution in [3.63, 3.8) is 0 Å². The third-order valence-electron chi connectivity index (χ3n) is 3.00. The van der Waals surface area contributed by atoms with E-state index in [9.17, 15) is 18.0 Å². The molecule has 1 N–H and O–H groups in total. The third kappa shape index (κ3) is 5.43. The second-order valence-corrected chi connectivity index (χ2v) is 7.14. The number of alkyl halides is 3. The highest BCUT2D eigenvalue weighted by atomic mass is 79.9. The maximum Gasteiger partial charge on any atom is 0.418 e. The summed E-state index contributed by atoms with van der Waals surface area (Å²) in [6.07, 6.45) is -4.59. The summed E-state index contributed by atoms with van der Waals surface area (Å²) in [7, 11) is 0. The molecule has 24 heavy (non-hydrogen) atoms. The quantitative estimate of drug-likeness (QED) is 0.621. The van der Waals surface area contributed by atoms with E-state index >= 15 is 0 Å². The van der Waals surface area contributed by atoms with Gasteiger partial charge in [-0.2, -0.15) is 13.2 Å². The summed E-state index contributed by atoms with van der Waals surface area (Å²) in [6, 6.07) is 11.0. The van der Waals surface area contributed by atoms with E-state index in [0.29, 0.717) is 5.75 Å². The summed E-state index contributed by atoms with van der Waals surface area (Å²) in [5, 5.41) is 2.12. The van der Waals surface area contributed by atoms with E-state index < -0.39 is 23.3 Å². The van der Waals surface area contributed by atoms with Crippen molar-refractivity contribution in [2.75, 3.05) is 11.1 Å². The van der Waals surface area contributed by atoms with Crippen LogP contribution >= 0.6 is 39.3 Å². The topological polar surface area (TPSA) is 29.1 Å². The fourth-order valence-electron chi connectivity index (χ4n) is 1.91. The van der Waals surface area contributed by atoms with Crippen molar-refractivity contribution >= 4 is 50.9 Å². The summed E-state index contributed by atoms with van der Waals surface area (Å²) in [6.45, 7) is 0. The van der Waals surface area contributed by atoms with Gasteiger partial charge in [0.05, 0.1) is 22.0 Å². The van der Waals surface area contributed by atoms with Crippen LogP contribution in [0.5, 0.6) is 0 Å². The van der Waals surface area contributed by atoms with Crippen molar-refractivity contribution in [1.29, 1.82) is 0 Å². The van der Waals surface area contributed by atoms with Crippen LogP contribution in [0.3, 0.4) is 0 Å². The van der Waals surface area contributed by atoms with E-state index in [4.69, 9.17) is 11.6 Å². The minimum atomic E-state index is -4.59. The van der Waals surface area contributed by atoms with E-state index in [0.717, 1.165) is 16.1 Å². The number of thioether (sulfide) groups is 1. The van der Waals surface area contributed by atoms with Crippen LogP contribution in [-0.2, 0) is 16.7 Å². The number of nitrogens with one attached hydrogen (secondary N) is 1. The molecule has 0 heterocycles. The molecule has 128 valence electrons. The second-order valence-electron chi connectivity index (χ2n) is 4.83. The zero-order valence-corrected chi connectivity index (χ0v) is 15.3. The second kappa shape index (κ2) is 8.27. The Morgan fingerprint density at radius 2 is 1.83 bits per heavy atom. The molecule has 1 amide bonds. The number of rotatable bonds is 5. The number of carbonyl (C=O) groups excluding carboxylic acids is 1. The molecule has 0 aliphatic carbocycles. The Bertz CT molecular complexity index is 722. The molecule has 2 aromatic rings. The molecule has 0 bridgehead atoms. The zero-order chi connectivity index (χ0) is 17.7. The van der Waals surface area contributed by atoms with Crippen molar-refractivity contribution < 1.29 is 18.0 Å². The molecule has 2 nitrogen and oxygen atoms in total. The van der Waals surface area contributed by atoms with Crippen LogP contribution < -0.4 is 5.32 Å². The minimum Gasteiger partial charge on any atom is -0.324 e. The average Bonchev–Trinajstić information content (AvgIpc) is 2.50. The molecule has 2 aromatic carbocycles. The summed E-state index contributed by atoms with van der Waals surface area (Å²) < 4.78 is 39.8. The Labute approximate surface area is 154 Å². The largest absolute Gasteiger partial charge is 0.418 e. The van der Waals surface area contributed by atoms with Gasteiger partial charge in [0, 0.05) is 10.2 Å². The fraction of sp³-hybridized carbons (Fsp3) is 0.188. The van der Waals surface area contributed by atoms with Crippen molar-refractivity contribution in [3.8, 4) is 0 Å². The van der Waals surface area contributed by atoms with E-state index in [2.05, 4.69) is 21.2 Å². The van der Waals surface area contributed by atoms with Gasteiger partial charge in [0.25, 0.3) is 0 Å². The zero-order valence-electron chi connectivity index (χ0n) is 12.2. The van der Waals surface area contributed by atoms with Crippen molar-refractivity contribution in [2.45, 2.75) is 11.9 Å². The third-order valence-corrected chi connectivity index (χ3v) is 4.85. The number of carbonyl (C=O) groups is 1. The monoisotopic (exact) mass is 437 g/mol. The first kappa shape index (κ1) is 19.1. The lowest BCUT2D eigenvalue weighted by Gasteiger charge is -2.15. The highest BCUT2D eigenvalue weighted by Crippen LogP contribution is 2.38. The predicted octanol–water partition coefficient (Wildman–Crippen LogP) is 5.99. The Hall–Kier alpha value is -1.18. The molecule has 8 heteroatoms. The summed E-state index contributed by atoms with van der Waals surface area (Å²) in [5.74, 6) is 0.0733. The predicted molar refractivity (Wildman–Crippen MR) is 95.4 cm³/mol. The number of amides is 1. The molecule has 0 fully saturated rings. The highest BCUT2D eigenvalue weighted by molar-refractivity contribution is 9.10. The number of benzene rings is 2. The van der Waals surface area contributed by atoms with E-state index in [-0.39, 0.29) is 10.8 Å². The maximum absolute atomic E-state index is 13.0. The van der Waals surface area contributed by atoms with E-state index in [1.54, 1.807) is 0 Å². The molecule has 0 saturated heterocycles. The molecular formula is C16H12BrClF3NOS. The normalized spacial score (nSPS) is 11.4. The van der Waals surface area contributed by atoms with Gasteiger partial charge < -0.3 is 5.32 Å². The number of halogens is 5. The van der Waals surface area contributed by atoms with Gasteiger partial charge in [-0.15, -0.1) is 11.8 Å². The van der Waals surface area contributed by atoms with Crippen molar-refractivity contribution in [1.82, 2.24) is 0 Å². The lowest BCUT2D eigenvalue weighted by atomic mass is 10.1. The van der Waals surface area contributed by atoms with Gasteiger partial charge in [-0.25, -0.2) is 0 Å². The first-order chi connectivity index (χ1) is 11.3. The molecule has 0 aliphatic heterocycles. The number of para-hydroxylation sites is 1. The summed E-state index contributed by atoms with van der Waals surface area (Å²) in [4.78, 5) is 11.9. The Morgan fingerprint density at radius 3 is 2.46 bits per heavy atom. The Balaban J connectivity index is 1.96. The van der Waals surface area contributed by atoms with Crippen LogP contribution in [0.2, 0.25) is 5.02 Å². The van der Waals surface area contributed by atoms with Gasteiger partial charge in [-0.1, -0.05) is 45.7 Å². The van der Waals surface area contributed by atoms with Crippen LogP contribution in [0, 0.1) is 0 Å². The standard InChI is InChI=1S/C16H12BrClF3NOS/c17-11-6-4-10(5-7-11)8-24-9-14(23)22-15-12(16(19,20)21)2-1-3-13(15)18/h1-7H,8-9H2,(H,22,23). The Kier molecular flexibility index (Phi) is 6.60. The summed E-state index contributed by atoms with van der Waals surface area (Å²) >= 11 is 10.4. The molecule has 0 saturated carbocycles. The SMILES string of the molecule is O=C(CSCc1ccc(Br)cc1)Nc1c(Cl)cccc1C(F)(F)F. The molecular weight excluding hydrogens is 427 g/mol. The highest BCUT2D eigenvalue weighted by Gasteiger charge is 2.34. The van der Waals surface area contributed by atoms with Gasteiger partial charge in [-0.3, -0.25) is 4.79 Å². The fourth-order valence-corrected chi connectivity index (χ4v) is 3.18. The van der Waals surface area contributed by atoms with Gasteiger partial charge >= 0.3 is 6.18 Å². The number of anilines is 1. The molecule has 0 radical (unpaired) electrons. The van der Waals surface area contributed by atoms with Crippen LogP contribution in [0.25, 0.3) is 0 Å². The van der Waals surface area contributed by atoms with E-state index in [1.807, 2.05) is 24.3 Å². The van der Waals surface area contributed by atoms with Crippen LogP contribution in [0.4, 0.5) is 18.9 Å². The van der Waals surface area contributed by atoms with Crippen LogP contribution in [0.1, 0.15) is 11.1 Å².